The summed E-state index contributed by atoms with van der Waals surface area (Å²) in [6, 6.07) is 10.9. The Labute approximate surface area is 151 Å². The third kappa shape index (κ3) is 3.37. The first-order chi connectivity index (χ1) is 11.0. The lowest BCUT2D eigenvalue weighted by molar-refractivity contribution is 0.0595. The lowest BCUT2D eigenvalue weighted by atomic mass is 10.2. The highest BCUT2D eigenvalue weighted by Crippen LogP contribution is 2.25. The fraction of sp³-hybridized carbons (Fsp3) is 0.125. The summed E-state index contributed by atoms with van der Waals surface area (Å²) in [5, 5.41) is 6.23. The number of rotatable bonds is 3. The van der Waals surface area contributed by atoms with Gasteiger partial charge < -0.3 is 4.74 Å². The molecular weight excluding hydrogens is 403 g/mol. The molecule has 2 aromatic carbocycles. The number of ether oxygens (including phenoxy) is 1. The maximum atomic E-state index is 11.9. The molecular formula is C16H11BrCl2N2O2. The summed E-state index contributed by atoms with van der Waals surface area (Å²) in [5.41, 5.74) is 1.99. The van der Waals surface area contributed by atoms with Crippen molar-refractivity contribution in [1.82, 2.24) is 9.78 Å². The number of hydrogen-bond acceptors (Lipinski definition) is 3. The van der Waals surface area contributed by atoms with Crippen LogP contribution in [0.3, 0.4) is 0 Å². The van der Waals surface area contributed by atoms with Gasteiger partial charge in [-0.3, -0.25) is 4.68 Å². The fourth-order valence-corrected chi connectivity index (χ4v) is 3.31. The maximum Gasteiger partial charge on any atom is 0.359 e. The summed E-state index contributed by atoms with van der Waals surface area (Å²) in [4.78, 5) is 11.9. The van der Waals surface area contributed by atoms with Crippen LogP contribution in [-0.4, -0.2) is 22.9 Å². The van der Waals surface area contributed by atoms with Crippen molar-refractivity contribution in [3.63, 3.8) is 0 Å². The van der Waals surface area contributed by atoms with Crippen LogP contribution in [0.15, 0.2) is 40.9 Å². The van der Waals surface area contributed by atoms with Gasteiger partial charge in [0.05, 0.1) is 19.2 Å². The molecule has 1 heterocycles. The van der Waals surface area contributed by atoms with Gasteiger partial charge in [-0.05, 0) is 42.0 Å². The van der Waals surface area contributed by atoms with Gasteiger partial charge in [0, 0.05) is 19.9 Å². The molecule has 0 saturated carbocycles. The quantitative estimate of drug-likeness (QED) is 0.571. The van der Waals surface area contributed by atoms with E-state index < -0.39 is 5.97 Å². The molecule has 0 radical (unpaired) electrons. The van der Waals surface area contributed by atoms with Gasteiger partial charge in [-0.15, -0.1) is 0 Å². The van der Waals surface area contributed by atoms with Gasteiger partial charge in [0.25, 0.3) is 0 Å². The van der Waals surface area contributed by atoms with E-state index in [1.807, 2.05) is 30.3 Å². The number of halogens is 3. The van der Waals surface area contributed by atoms with Crippen molar-refractivity contribution in [3.8, 4) is 0 Å². The minimum atomic E-state index is -0.472. The van der Waals surface area contributed by atoms with E-state index in [1.165, 1.54) is 7.11 Å². The van der Waals surface area contributed by atoms with Crippen LogP contribution in [0.1, 0.15) is 16.1 Å². The molecule has 0 fully saturated rings. The number of methoxy groups -OCH3 is 1. The standard InChI is InChI=1S/C16H11BrCl2N2O2/c1-23-16(22)15-13-3-2-10(17)6-14(13)21(20-15)8-9-4-11(18)7-12(19)5-9/h2-7H,8H2,1H3. The predicted octanol–water partition coefficient (Wildman–Crippen LogP) is 4.94. The number of fused-ring (bicyclic) bond motifs is 1. The van der Waals surface area contributed by atoms with Crippen LogP contribution in [0.25, 0.3) is 10.9 Å². The van der Waals surface area contributed by atoms with Crippen molar-refractivity contribution in [2.24, 2.45) is 0 Å². The predicted molar refractivity (Wildman–Crippen MR) is 94.3 cm³/mol. The normalized spacial score (nSPS) is 11.0. The molecule has 3 rings (SSSR count). The summed E-state index contributed by atoms with van der Waals surface area (Å²) < 4.78 is 7.43. The molecule has 0 aliphatic carbocycles. The van der Waals surface area contributed by atoms with Gasteiger partial charge in [0.15, 0.2) is 5.69 Å². The Bertz CT molecular complexity index is 888. The number of carbonyl (C=O) groups is 1. The van der Waals surface area contributed by atoms with Crippen molar-refractivity contribution >= 4 is 56.0 Å². The Morgan fingerprint density at radius 3 is 2.57 bits per heavy atom. The Balaban J connectivity index is 2.13. The van der Waals surface area contributed by atoms with Crippen LogP contribution in [0, 0.1) is 0 Å². The highest BCUT2D eigenvalue weighted by molar-refractivity contribution is 9.10. The average molecular weight is 414 g/mol. The minimum absolute atomic E-state index is 0.281. The molecule has 0 amide bonds. The second-order valence-corrected chi connectivity index (χ2v) is 6.73. The molecule has 118 valence electrons. The molecule has 23 heavy (non-hydrogen) atoms. The second-order valence-electron chi connectivity index (χ2n) is 4.94. The van der Waals surface area contributed by atoms with E-state index in [0.29, 0.717) is 16.6 Å². The Morgan fingerprint density at radius 2 is 1.91 bits per heavy atom. The van der Waals surface area contributed by atoms with E-state index in [0.717, 1.165) is 20.9 Å². The van der Waals surface area contributed by atoms with Crippen molar-refractivity contribution in [3.05, 3.63) is 62.2 Å². The highest BCUT2D eigenvalue weighted by atomic mass is 79.9. The van der Waals surface area contributed by atoms with Crippen LogP contribution in [-0.2, 0) is 11.3 Å². The molecule has 0 spiro atoms. The van der Waals surface area contributed by atoms with E-state index in [4.69, 9.17) is 27.9 Å². The van der Waals surface area contributed by atoms with E-state index in [9.17, 15) is 4.79 Å². The first-order valence-electron chi connectivity index (χ1n) is 6.67. The fourth-order valence-electron chi connectivity index (χ4n) is 2.39. The van der Waals surface area contributed by atoms with Crippen LogP contribution in [0.4, 0.5) is 0 Å². The molecule has 0 bridgehead atoms. The maximum absolute atomic E-state index is 11.9. The van der Waals surface area contributed by atoms with E-state index >= 15 is 0 Å². The van der Waals surface area contributed by atoms with Gasteiger partial charge in [-0.1, -0.05) is 39.1 Å². The van der Waals surface area contributed by atoms with Gasteiger partial charge >= 0.3 is 5.97 Å². The van der Waals surface area contributed by atoms with Crippen molar-refractivity contribution < 1.29 is 9.53 Å². The monoisotopic (exact) mass is 412 g/mol. The zero-order chi connectivity index (χ0) is 16.6. The molecule has 0 atom stereocenters. The summed E-state index contributed by atoms with van der Waals surface area (Å²) in [7, 11) is 1.34. The van der Waals surface area contributed by atoms with E-state index in [2.05, 4.69) is 21.0 Å². The highest BCUT2D eigenvalue weighted by Gasteiger charge is 2.18. The largest absolute Gasteiger partial charge is 0.464 e. The van der Waals surface area contributed by atoms with Crippen molar-refractivity contribution in [2.75, 3.05) is 7.11 Å². The first-order valence-corrected chi connectivity index (χ1v) is 8.22. The number of esters is 1. The van der Waals surface area contributed by atoms with Gasteiger partial charge in [-0.25, -0.2) is 4.79 Å². The molecule has 4 nitrogen and oxygen atoms in total. The van der Waals surface area contributed by atoms with Crippen LogP contribution < -0.4 is 0 Å². The Morgan fingerprint density at radius 1 is 1.22 bits per heavy atom. The van der Waals surface area contributed by atoms with Crippen LogP contribution in [0.2, 0.25) is 10.0 Å². The molecule has 0 unspecified atom stereocenters. The summed E-state index contributed by atoms with van der Waals surface area (Å²) in [6.45, 7) is 0.435. The summed E-state index contributed by atoms with van der Waals surface area (Å²) >= 11 is 15.5. The van der Waals surface area contributed by atoms with Crippen molar-refractivity contribution in [2.45, 2.75) is 6.54 Å². The Kier molecular flexibility index (Phi) is 4.62. The average Bonchev–Trinajstić information content (AvgIpc) is 2.83. The number of hydrogen-bond donors (Lipinski definition) is 0. The van der Waals surface area contributed by atoms with Crippen LogP contribution in [0.5, 0.6) is 0 Å². The first kappa shape index (κ1) is 16.3. The SMILES string of the molecule is COC(=O)c1nn(Cc2cc(Cl)cc(Cl)c2)c2cc(Br)ccc12. The third-order valence-corrected chi connectivity index (χ3v) is 4.28. The topological polar surface area (TPSA) is 44.1 Å². The summed E-state index contributed by atoms with van der Waals surface area (Å²) in [5.74, 6) is -0.472. The molecule has 0 aliphatic heterocycles. The molecule has 0 saturated heterocycles. The van der Waals surface area contributed by atoms with E-state index in [-0.39, 0.29) is 5.69 Å². The smallest absolute Gasteiger partial charge is 0.359 e. The van der Waals surface area contributed by atoms with Gasteiger partial charge in [-0.2, -0.15) is 5.10 Å². The molecule has 3 aromatic rings. The molecule has 0 N–H and O–H groups in total. The Hall–Kier alpha value is -1.56. The third-order valence-electron chi connectivity index (χ3n) is 3.35. The van der Waals surface area contributed by atoms with Crippen LogP contribution >= 0.6 is 39.1 Å². The lowest BCUT2D eigenvalue weighted by Gasteiger charge is -2.05. The van der Waals surface area contributed by atoms with Gasteiger partial charge in [0.1, 0.15) is 0 Å². The molecule has 1 aromatic heterocycles. The number of nitrogens with zero attached hydrogens (tertiary/aromatic N) is 2. The number of aromatic nitrogens is 2. The second kappa shape index (κ2) is 6.51. The number of carbonyl (C=O) groups excluding carboxylic acids is 1. The van der Waals surface area contributed by atoms with Crippen molar-refractivity contribution in [1.29, 1.82) is 0 Å². The minimum Gasteiger partial charge on any atom is -0.464 e. The zero-order valence-corrected chi connectivity index (χ0v) is 15.1. The molecule has 0 aliphatic rings. The summed E-state index contributed by atoms with van der Waals surface area (Å²) in [6.07, 6.45) is 0. The molecule has 7 heteroatoms. The zero-order valence-electron chi connectivity index (χ0n) is 12.0. The lowest BCUT2D eigenvalue weighted by Crippen LogP contribution is -2.06. The number of benzene rings is 2. The van der Waals surface area contributed by atoms with Gasteiger partial charge in [0.2, 0.25) is 0 Å². The van der Waals surface area contributed by atoms with E-state index in [1.54, 1.807) is 10.7 Å².